The maximum absolute atomic E-state index is 13.7. The number of hydrogen-bond acceptors (Lipinski definition) is 5. The Morgan fingerprint density at radius 2 is 1.97 bits per heavy atom. The molecule has 1 amide bonds. The van der Waals surface area contributed by atoms with E-state index in [0.717, 1.165) is 47.8 Å². The highest BCUT2D eigenvalue weighted by Gasteiger charge is 2.41. The molecule has 2 fully saturated rings. The molecule has 2 aliphatic rings. The number of fused-ring (bicyclic) bond motifs is 2. The number of rotatable bonds is 7. The minimum Gasteiger partial charge on any atom is -0.479 e. The summed E-state index contributed by atoms with van der Waals surface area (Å²) in [4.78, 5) is 20.3. The van der Waals surface area contributed by atoms with Crippen molar-refractivity contribution in [3.05, 3.63) is 47.8 Å². The number of amides is 1. The molecule has 37 heavy (non-hydrogen) atoms. The zero-order valence-electron chi connectivity index (χ0n) is 22.1. The Labute approximate surface area is 217 Å². The Morgan fingerprint density at radius 3 is 2.68 bits per heavy atom. The van der Waals surface area contributed by atoms with Crippen LogP contribution in [0.25, 0.3) is 27.8 Å². The summed E-state index contributed by atoms with van der Waals surface area (Å²) in [6.07, 6.45) is 6.07. The third-order valence-electron chi connectivity index (χ3n) is 8.44. The van der Waals surface area contributed by atoms with E-state index in [4.69, 9.17) is 15.6 Å². The third-order valence-corrected chi connectivity index (χ3v) is 8.44. The highest BCUT2D eigenvalue weighted by atomic mass is 16.5. The van der Waals surface area contributed by atoms with Crippen LogP contribution in [0.15, 0.2) is 36.5 Å². The summed E-state index contributed by atoms with van der Waals surface area (Å²) in [7, 11) is 1.60. The summed E-state index contributed by atoms with van der Waals surface area (Å²) in [5, 5.41) is 6.22. The molecule has 8 heteroatoms. The van der Waals surface area contributed by atoms with Crippen LogP contribution < -0.4 is 10.5 Å². The Bertz CT molecular complexity index is 1480. The molecular weight excluding hydrogens is 464 g/mol. The monoisotopic (exact) mass is 500 g/mol. The summed E-state index contributed by atoms with van der Waals surface area (Å²) in [6.45, 7) is 7.92. The van der Waals surface area contributed by atoms with Gasteiger partial charge in [0.15, 0.2) is 5.69 Å². The van der Waals surface area contributed by atoms with Gasteiger partial charge in [-0.2, -0.15) is 5.10 Å². The largest absolute Gasteiger partial charge is 0.479 e. The van der Waals surface area contributed by atoms with Crippen LogP contribution in [0.1, 0.15) is 55.6 Å². The lowest BCUT2D eigenvalue weighted by Gasteiger charge is -2.25. The fraction of sp³-hybridized carbons (Fsp3) is 0.483. The SMILES string of the molecule is CCC1CN(C(=O)c2cn3nc(-c4cc5ccccc5n4CC4CC4)c(C)c3c(OC)n2)C(CC)[C@@H]1N. The van der Waals surface area contributed by atoms with Crippen molar-refractivity contribution < 1.29 is 9.53 Å². The van der Waals surface area contributed by atoms with Crippen molar-refractivity contribution in [3.8, 4) is 17.3 Å². The first-order valence-electron chi connectivity index (χ1n) is 13.5. The van der Waals surface area contributed by atoms with Crippen LogP contribution in [0.3, 0.4) is 0 Å². The molecule has 1 aliphatic carbocycles. The second-order valence-electron chi connectivity index (χ2n) is 10.7. The van der Waals surface area contributed by atoms with E-state index >= 15 is 0 Å². The average molecular weight is 501 g/mol. The number of hydrogen-bond donors (Lipinski definition) is 1. The molecule has 8 nitrogen and oxygen atoms in total. The molecule has 3 atom stereocenters. The number of likely N-dealkylation sites (tertiary alicyclic amines) is 1. The predicted molar refractivity (Wildman–Crippen MR) is 145 cm³/mol. The van der Waals surface area contributed by atoms with Gasteiger partial charge in [0.05, 0.1) is 19.0 Å². The lowest BCUT2D eigenvalue weighted by Crippen LogP contribution is -2.43. The minimum absolute atomic E-state index is 0.00833. The van der Waals surface area contributed by atoms with Crippen LogP contribution >= 0.6 is 0 Å². The Kier molecular flexibility index (Phi) is 5.94. The van der Waals surface area contributed by atoms with Crippen molar-refractivity contribution in [1.29, 1.82) is 0 Å². The Hall–Kier alpha value is -3.39. The third kappa shape index (κ3) is 3.89. The van der Waals surface area contributed by atoms with Crippen molar-refractivity contribution in [2.45, 2.75) is 65.1 Å². The number of ether oxygens (including phenoxy) is 1. The molecule has 0 radical (unpaired) electrons. The van der Waals surface area contributed by atoms with E-state index in [2.05, 4.69) is 60.7 Å². The van der Waals surface area contributed by atoms with E-state index in [9.17, 15) is 4.79 Å². The van der Waals surface area contributed by atoms with Crippen molar-refractivity contribution in [1.82, 2.24) is 24.1 Å². The molecule has 194 valence electrons. The zero-order chi connectivity index (χ0) is 25.8. The molecule has 2 N–H and O–H groups in total. The van der Waals surface area contributed by atoms with Crippen molar-refractivity contribution in [3.63, 3.8) is 0 Å². The zero-order valence-corrected chi connectivity index (χ0v) is 22.1. The molecule has 2 unspecified atom stereocenters. The van der Waals surface area contributed by atoms with Crippen molar-refractivity contribution in [2.24, 2.45) is 17.6 Å². The summed E-state index contributed by atoms with van der Waals surface area (Å²) in [5.74, 6) is 1.32. The smallest absolute Gasteiger partial charge is 0.274 e. The predicted octanol–water partition coefficient (Wildman–Crippen LogP) is 4.67. The first-order chi connectivity index (χ1) is 17.9. The van der Waals surface area contributed by atoms with E-state index < -0.39 is 0 Å². The fourth-order valence-corrected chi connectivity index (χ4v) is 6.13. The molecular formula is C29H36N6O2. The highest BCUT2D eigenvalue weighted by Crippen LogP contribution is 2.38. The lowest BCUT2D eigenvalue weighted by atomic mass is 9.96. The second-order valence-corrected chi connectivity index (χ2v) is 10.7. The van der Waals surface area contributed by atoms with Gasteiger partial charge in [-0.05, 0) is 50.2 Å². The fourth-order valence-electron chi connectivity index (χ4n) is 6.13. The van der Waals surface area contributed by atoms with Crippen molar-refractivity contribution in [2.75, 3.05) is 13.7 Å². The van der Waals surface area contributed by atoms with Crippen LogP contribution in [0.4, 0.5) is 0 Å². The molecule has 3 aromatic heterocycles. The maximum Gasteiger partial charge on any atom is 0.274 e. The summed E-state index contributed by atoms with van der Waals surface area (Å²) >= 11 is 0. The Balaban J connectivity index is 1.45. The van der Waals surface area contributed by atoms with Crippen LogP contribution in [-0.2, 0) is 6.54 Å². The number of nitrogens with zero attached hydrogens (tertiary/aromatic N) is 5. The normalized spacial score (nSPS) is 21.9. The topological polar surface area (TPSA) is 90.7 Å². The van der Waals surface area contributed by atoms with Gasteiger partial charge in [0.1, 0.15) is 11.2 Å². The first-order valence-corrected chi connectivity index (χ1v) is 13.5. The van der Waals surface area contributed by atoms with E-state index in [1.807, 2.05) is 4.90 Å². The number of para-hydroxylation sites is 1. The van der Waals surface area contributed by atoms with Crippen molar-refractivity contribution >= 4 is 22.3 Å². The highest BCUT2D eigenvalue weighted by molar-refractivity contribution is 5.94. The molecule has 1 saturated carbocycles. The molecule has 1 aromatic carbocycles. The van der Waals surface area contributed by atoms with Crippen LogP contribution in [-0.4, -0.2) is 55.7 Å². The quantitative estimate of drug-likeness (QED) is 0.398. The van der Waals surface area contributed by atoms with Gasteiger partial charge in [0.2, 0.25) is 5.88 Å². The number of aryl methyl sites for hydroxylation is 1. The standard InChI is InChI=1S/C29H36N6O2/c1-5-19-15-34(22(6-2)25(19)30)29(36)21-16-35-27(28(31-21)37-4)17(3)26(32-35)24-13-20-9-7-8-10-23(20)33(24)14-18-11-12-18/h7-10,13,16,18-19,22,25H,5-6,11-12,14-15,30H2,1-4H3/t19?,22?,25-/m1/s1. The molecule has 0 spiro atoms. The van der Waals surface area contributed by atoms with Crippen LogP contribution in [0.5, 0.6) is 5.88 Å². The van der Waals surface area contributed by atoms with Gasteiger partial charge in [-0.25, -0.2) is 9.50 Å². The summed E-state index contributed by atoms with van der Waals surface area (Å²) in [6, 6.07) is 10.7. The number of aromatic nitrogens is 4. The molecule has 6 rings (SSSR count). The molecule has 1 saturated heterocycles. The van der Waals surface area contributed by atoms with E-state index in [1.165, 1.54) is 23.7 Å². The Morgan fingerprint density at radius 1 is 1.19 bits per heavy atom. The number of methoxy groups -OCH3 is 1. The van der Waals surface area contributed by atoms with Gasteiger partial charge in [0, 0.05) is 41.6 Å². The molecule has 4 aromatic rings. The number of carbonyl (C=O) groups is 1. The van der Waals surface area contributed by atoms with Gasteiger partial charge in [0.25, 0.3) is 5.91 Å². The number of carbonyl (C=O) groups excluding carboxylic acids is 1. The van der Waals surface area contributed by atoms with E-state index in [1.54, 1.807) is 17.8 Å². The number of benzene rings is 1. The lowest BCUT2D eigenvalue weighted by molar-refractivity contribution is 0.0717. The van der Waals surface area contributed by atoms with Crippen LogP contribution in [0.2, 0.25) is 0 Å². The van der Waals surface area contributed by atoms with Gasteiger partial charge < -0.3 is 19.9 Å². The van der Waals surface area contributed by atoms with Crippen LogP contribution in [0, 0.1) is 18.8 Å². The maximum atomic E-state index is 13.7. The minimum atomic E-state index is -0.115. The molecule has 0 bridgehead atoms. The molecule has 1 aliphatic heterocycles. The van der Waals surface area contributed by atoms with Gasteiger partial charge in [-0.3, -0.25) is 4.79 Å². The van der Waals surface area contributed by atoms with Gasteiger partial charge >= 0.3 is 0 Å². The molecule has 4 heterocycles. The first kappa shape index (κ1) is 24.0. The summed E-state index contributed by atoms with van der Waals surface area (Å²) < 4.78 is 9.89. The second kappa shape index (κ2) is 9.17. The van der Waals surface area contributed by atoms with Gasteiger partial charge in [-0.15, -0.1) is 0 Å². The average Bonchev–Trinajstić information content (AvgIpc) is 3.46. The summed E-state index contributed by atoms with van der Waals surface area (Å²) in [5.41, 5.74) is 11.8. The van der Waals surface area contributed by atoms with Gasteiger partial charge in [-0.1, -0.05) is 38.5 Å². The van der Waals surface area contributed by atoms with E-state index in [-0.39, 0.29) is 18.0 Å². The van der Waals surface area contributed by atoms with E-state index in [0.29, 0.717) is 24.0 Å². The number of nitrogens with two attached hydrogens (primary N) is 1.